The van der Waals surface area contributed by atoms with Gasteiger partial charge in [0.2, 0.25) is 0 Å². The smallest absolute Gasteiger partial charge is 0.134 e. The highest BCUT2D eigenvalue weighted by Gasteiger charge is 2.07. The first-order valence-electron chi connectivity index (χ1n) is 6.03. The number of aromatic nitrogens is 2. The lowest BCUT2D eigenvalue weighted by atomic mass is 10.0. The van der Waals surface area contributed by atoms with Gasteiger partial charge in [0.15, 0.2) is 0 Å². The van der Waals surface area contributed by atoms with Crippen LogP contribution < -0.4 is 0 Å². The summed E-state index contributed by atoms with van der Waals surface area (Å²) in [5.41, 5.74) is 2.44. The highest BCUT2D eigenvalue weighted by Crippen LogP contribution is 2.24. The highest BCUT2D eigenvalue weighted by molar-refractivity contribution is 5.62. The number of nitrogens with zero attached hydrogens (tertiary/aromatic N) is 1. The summed E-state index contributed by atoms with van der Waals surface area (Å²) in [5, 5.41) is 0. The van der Waals surface area contributed by atoms with Gasteiger partial charge >= 0.3 is 0 Å². The Morgan fingerprint density at radius 2 is 2.00 bits per heavy atom. The molecule has 0 fully saturated rings. The minimum Gasteiger partial charge on any atom is -0.464 e. The normalized spacial score (nSPS) is 10.7. The van der Waals surface area contributed by atoms with E-state index in [0.717, 1.165) is 30.0 Å². The Balaban J connectivity index is 1.84. The van der Waals surface area contributed by atoms with E-state index in [1.54, 1.807) is 12.5 Å². The number of hydrogen-bond donors (Lipinski definition) is 1. The molecule has 0 spiro atoms. The van der Waals surface area contributed by atoms with E-state index in [4.69, 9.17) is 4.42 Å². The molecular weight excluding hydrogens is 224 g/mol. The van der Waals surface area contributed by atoms with Gasteiger partial charge in [0.1, 0.15) is 11.6 Å². The van der Waals surface area contributed by atoms with Gasteiger partial charge < -0.3 is 9.40 Å². The van der Waals surface area contributed by atoms with Gasteiger partial charge in [-0.25, -0.2) is 4.98 Å². The Morgan fingerprint density at radius 3 is 2.78 bits per heavy atom. The molecule has 1 aromatic carbocycles. The lowest BCUT2D eigenvalue weighted by molar-refractivity contribution is 0.581. The molecule has 0 bridgehead atoms. The van der Waals surface area contributed by atoms with E-state index in [1.165, 1.54) is 5.56 Å². The molecule has 0 unspecified atom stereocenters. The maximum atomic E-state index is 5.47. The molecule has 18 heavy (non-hydrogen) atoms. The molecule has 3 rings (SSSR count). The molecule has 0 aliphatic heterocycles. The molecule has 0 amide bonds. The summed E-state index contributed by atoms with van der Waals surface area (Å²) in [4.78, 5) is 7.37. The molecule has 0 saturated heterocycles. The van der Waals surface area contributed by atoms with Crippen LogP contribution in [0.2, 0.25) is 0 Å². The quantitative estimate of drug-likeness (QED) is 0.756. The number of aromatic amines is 1. The van der Waals surface area contributed by atoms with Gasteiger partial charge in [-0.3, -0.25) is 0 Å². The van der Waals surface area contributed by atoms with Crippen LogP contribution in [0.15, 0.2) is 59.5 Å². The van der Waals surface area contributed by atoms with Gasteiger partial charge in [-0.15, -0.1) is 0 Å². The zero-order valence-corrected chi connectivity index (χ0v) is 9.97. The molecule has 1 N–H and O–H groups in total. The predicted molar refractivity (Wildman–Crippen MR) is 70.1 cm³/mol. The van der Waals surface area contributed by atoms with Crippen molar-refractivity contribution in [2.45, 2.75) is 12.8 Å². The molecule has 0 aliphatic rings. The maximum absolute atomic E-state index is 5.47. The monoisotopic (exact) mass is 238 g/mol. The standard InChI is InChI=1S/C15H14N2O/c1-2-5-13(14-6-3-11-18-14)12(4-1)7-8-15-16-9-10-17-15/h1-6,9-11H,7-8H2,(H,16,17). The summed E-state index contributed by atoms with van der Waals surface area (Å²) in [6.07, 6.45) is 7.20. The largest absolute Gasteiger partial charge is 0.464 e. The number of rotatable bonds is 4. The van der Waals surface area contributed by atoms with Crippen molar-refractivity contribution < 1.29 is 4.42 Å². The van der Waals surface area contributed by atoms with Gasteiger partial charge in [-0.05, 0) is 24.1 Å². The number of benzene rings is 1. The van der Waals surface area contributed by atoms with Crippen LogP contribution in [0, 0.1) is 0 Å². The summed E-state index contributed by atoms with van der Waals surface area (Å²) in [6.45, 7) is 0. The number of hydrogen-bond acceptors (Lipinski definition) is 2. The average molecular weight is 238 g/mol. The van der Waals surface area contributed by atoms with Crippen LogP contribution in [0.25, 0.3) is 11.3 Å². The molecule has 3 aromatic rings. The summed E-state index contributed by atoms with van der Waals surface area (Å²) < 4.78 is 5.47. The van der Waals surface area contributed by atoms with E-state index in [-0.39, 0.29) is 0 Å². The van der Waals surface area contributed by atoms with Crippen molar-refractivity contribution in [3.63, 3.8) is 0 Å². The summed E-state index contributed by atoms with van der Waals surface area (Å²) >= 11 is 0. The van der Waals surface area contributed by atoms with Crippen LogP contribution >= 0.6 is 0 Å². The second-order valence-electron chi connectivity index (χ2n) is 4.17. The second kappa shape index (κ2) is 4.92. The lowest BCUT2D eigenvalue weighted by Crippen LogP contribution is -1.95. The Kier molecular flexibility index (Phi) is 2.96. The molecule has 3 heteroatoms. The Bertz CT molecular complexity index is 597. The molecule has 0 saturated carbocycles. The minimum absolute atomic E-state index is 0.907. The number of H-pyrrole nitrogens is 1. The number of imidazole rings is 1. The first kappa shape index (κ1) is 10.8. The first-order valence-corrected chi connectivity index (χ1v) is 6.03. The number of aryl methyl sites for hydroxylation is 2. The molecule has 0 atom stereocenters. The third-order valence-corrected chi connectivity index (χ3v) is 2.99. The van der Waals surface area contributed by atoms with E-state index in [2.05, 4.69) is 28.2 Å². The van der Waals surface area contributed by atoms with E-state index in [9.17, 15) is 0 Å². The van der Waals surface area contributed by atoms with Crippen LogP contribution in [0.5, 0.6) is 0 Å². The van der Waals surface area contributed by atoms with Gasteiger partial charge in [0.05, 0.1) is 6.26 Å². The molecule has 2 heterocycles. The zero-order chi connectivity index (χ0) is 12.2. The fourth-order valence-electron chi connectivity index (χ4n) is 2.10. The minimum atomic E-state index is 0.907. The van der Waals surface area contributed by atoms with E-state index in [1.807, 2.05) is 24.4 Å². The fraction of sp³-hybridized carbons (Fsp3) is 0.133. The van der Waals surface area contributed by atoms with Crippen molar-refractivity contribution in [2.24, 2.45) is 0 Å². The zero-order valence-electron chi connectivity index (χ0n) is 9.97. The number of nitrogens with one attached hydrogen (secondary N) is 1. The Labute approximate surface area is 105 Å². The fourth-order valence-corrected chi connectivity index (χ4v) is 2.10. The van der Waals surface area contributed by atoms with Crippen LogP contribution in [0.4, 0.5) is 0 Å². The summed E-state index contributed by atoms with van der Waals surface area (Å²) in [7, 11) is 0. The summed E-state index contributed by atoms with van der Waals surface area (Å²) in [5.74, 6) is 1.94. The van der Waals surface area contributed by atoms with Crippen LogP contribution in [0.1, 0.15) is 11.4 Å². The van der Waals surface area contributed by atoms with Crippen LogP contribution in [0.3, 0.4) is 0 Å². The van der Waals surface area contributed by atoms with Crippen molar-refractivity contribution in [1.82, 2.24) is 9.97 Å². The molecule has 0 aliphatic carbocycles. The van der Waals surface area contributed by atoms with E-state index >= 15 is 0 Å². The van der Waals surface area contributed by atoms with Crippen molar-refractivity contribution in [3.05, 3.63) is 66.4 Å². The van der Waals surface area contributed by atoms with Gasteiger partial charge in [0.25, 0.3) is 0 Å². The molecule has 3 nitrogen and oxygen atoms in total. The first-order chi connectivity index (χ1) is 8.93. The van der Waals surface area contributed by atoms with Gasteiger partial charge in [0, 0.05) is 24.4 Å². The number of furan rings is 1. The van der Waals surface area contributed by atoms with E-state index in [0.29, 0.717) is 0 Å². The maximum Gasteiger partial charge on any atom is 0.134 e. The summed E-state index contributed by atoms with van der Waals surface area (Å²) in [6, 6.07) is 12.2. The Hall–Kier alpha value is -2.29. The SMILES string of the molecule is c1coc(-c2ccccc2CCc2ncc[nH]2)c1. The van der Waals surface area contributed by atoms with Crippen molar-refractivity contribution >= 4 is 0 Å². The van der Waals surface area contributed by atoms with Gasteiger partial charge in [-0.2, -0.15) is 0 Å². The lowest BCUT2D eigenvalue weighted by Gasteiger charge is -2.06. The third-order valence-electron chi connectivity index (χ3n) is 2.99. The molecular formula is C15H14N2O. The van der Waals surface area contributed by atoms with Crippen molar-refractivity contribution in [2.75, 3.05) is 0 Å². The molecule has 0 radical (unpaired) electrons. The third kappa shape index (κ3) is 2.20. The van der Waals surface area contributed by atoms with Crippen LogP contribution in [-0.2, 0) is 12.8 Å². The van der Waals surface area contributed by atoms with Crippen molar-refractivity contribution in [3.8, 4) is 11.3 Å². The topological polar surface area (TPSA) is 41.8 Å². The Morgan fingerprint density at radius 1 is 1.06 bits per heavy atom. The highest BCUT2D eigenvalue weighted by atomic mass is 16.3. The second-order valence-corrected chi connectivity index (χ2v) is 4.17. The van der Waals surface area contributed by atoms with Crippen molar-refractivity contribution in [1.29, 1.82) is 0 Å². The van der Waals surface area contributed by atoms with E-state index < -0.39 is 0 Å². The average Bonchev–Trinajstić information content (AvgIpc) is 3.10. The predicted octanol–water partition coefficient (Wildman–Crippen LogP) is 3.45. The molecule has 90 valence electrons. The van der Waals surface area contributed by atoms with Crippen LogP contribution in [-0.4, -0.2) is 9.97 Å². The van der Waals surface area contributed by atoms with Gasteiger partial charge in [-0.1, -0.05) is 24.3 Å². The molecule has 2 aromatic heterocycles.